The second-order valence-corrected chi connectivity index (χ2v) is 5.33. The summed E-state index contributed by atoms with van der Waals surface area (Å²) in [5.41, 5.74) is 0.876. The van der Waals surface area contributed by atoms with Crippen molar-refractivity contribution in [2.45, 2.75) is 12.5 Å². The number of hydrogen-bond donors (Lipinski definition) is 2. The molecule has 5 nitrogen and oxygen atoms in total. The van der Waals surface area contributed by atoms with Gasteiger partial charge in [0.2, 0.25) is 0 Å². The maximum absolute atomic E-state index is 12.1. The van der Waals surface area contributed by atoms with Crippen molar-refractivity contribution >= 4 is 35.1 Å². The van der Waals surface area contributed by atoms with E-state index in [0.29, 0.717) is 10.7 Å². The molecule has 0 bridgehead atoms. The first-order chi connectivity index (χ1) is 10.5. The molecule has 1 atom stereocenters. The number of rotatable bonds is 5. The van der Waals surface area contributed by atoms with Crippen LogP contribution >= 0.6 is 23.2 Å². The zero-order valence-corrected chi connectivity index (χ0v) is 12.8. The first-order valence-electron chi connectivity index (χ1n) is 6.36. The van der Waals surface area contributed by atoms with Crippen molar-refractivity contribution in [3.05, 3.63) is 63.9 Å². The Kier molecular flexibility index (Phi) is 5.35. The Morgan fingerprint density at radius 1 is 1.18 bits per heavy atom. The fourth-order valence-electron chi connectivity index (χ4n) is 1.84. The Morgan fingerprint density at radius 2 is 1.91 bits per heavy atom. The molecule has 7 heteroatoms. The van der Waals surface area contributed by atoms with Crippen LogP contribution in [-0.2, 0) is 11.2 Å². The van der Waals surface area contributed by atoms with E-state index in [1.54, 1.807) is 30.3 Å². The Bertz CT molecular complexity index is 689. The molecule has 0 saturated heterocycles. The predicted molar refractivity (Wildman–Crippen MR) is 83.3 cm³/mol. The number of aliphatic carboxylic acids is 1. The fourth-order valence-corrected chi connectivity index (χ4v) is 2.18. The lowest BCUT2D eigenvalue weighted by atomic mass is 10.1. The summed E-state index contributed by atoms with van der Waals surface area (Å²) in [6.45, 7) is 0. The third-order valence-corrected chi connectivity index (χ3v) is 3.50. The van der Waals surface area contributed by atoms with Crippen LogP contribution in [0.5, 0.6) is 0 Å². The van der Waals surface area contributed by atoms with E-state index in [1.807, 2.05) is 0 Å². The molecule has 1 aromatic carbocycles. The molecule has 0 radical (unpaired) electrons. The van der Waals surface area contributed by atoms with Gasteiger partial charge < -0.3 is 10.4 Å². The maximum atomic E-state index is 12.1. The van der Waals surface area contributed by atoms with E-state index in [-0.39, 0.29) is 17.0 Å². The Balaban J connectivity index is 2.12. The van der Waals surface area contributed by atoms with Crippen LogP contribution in [0.2, 0.25) is 10.2 Å². The number of aromatic nitrogens is 1. The van der Waals surface area contributed by atoms with Crippen molar-refractivity contribution in [1.29, 1.82) is 0 Å². The Morgan fingerprint density at radius 3 is 2.50 bits per heavy atom. The smallest absolute Gasteiger partial charge is 0.326 e. The molecule has 0 saturated carbocycles. The third-order valence-electron chi connectivity index (χ3n) is 2.95. The predicted octanol–water partition coefficient (Wildman–Crippen LogP) is 2.81. The summed E-state index contributed by atoms with van der Waals surface area (Å²) in [4.78, 5) is 27.3. The van der Waals surface area contributed by atoms with E-state index in [1.165, 1.54) is 12.3 Å². The average molecular weight is 339 g/mol. The molecule has 2 N–H and O–H groups in total. The van der Waals surface area contributed by atoms with Crippen LogP contribution in [0.4, 0.5) is 0 Å². The highest BCUT2D eigenvalue weighted by molar-refractivity contribution is 6.33. The summed E-state index contributed by atoms with van der Waals surface area (Å²) >= 11 is 11.6. The first-order valence-corrected chi connectivity index (χ1v) is 7.11. The number of carbonyl (C=O) groups is 2. The van der Waals surface area contributed by atoms with Crippen molar-refractivity contribution in [2.24, 2.45) is 0 Å². The highest BCUT2D eigenvalue weighted by atomic mass is 35.5. The van der Waals surface area contributed by atoms with Gasteiger partial charge in [0, 0.05) is 12.6 Å². The normalized spacial score (nSPS) is 11.7. The van der Waals surface area contributed by atoms with E-state index >= 15 is 0 Å². The summed E-state index contributed by atoms with van der Waals surface area (Å²) in [5, 5.41) is 12.3. The van der Waals surface area contributed by atoms with Crippen LogP contribution in [0.25, 0.3) is 0 Å². The van der Waals surface area contributed by atoms with Crippen LogP contribution in [-0.4, -0.2) is 28.0 Å². The highest BCUT2D eigenvalue weighted by Crippen LogP contribution is 2.15. The molecule has 0 aliphatic heterocycles. The molecule has 0 spiro atoms. The molecular formula is C15H12Cl2N2O3. The van der Waals surface area contributed by atoms with Crippen LogP contribution in [0.3, 0.4) is 0 Å². The number of nitrogens with one attached hydrogen (secondary N) is 1. The quantitative estimate of drug-likeness (QED) is 0.821. The largest absolute Gasteiger partial charge is 0.480 e. The van der Waals surface area contributed by atoms with Crippen molar-refractivity contribution in [3.63, 3.8) is 0 Å². The lowest BCUT2D eigenvalue weighted by Crippen LogP contribution is -2.42. The number of pyridine rings is 1. The molecule has 0 fully saturated rings. The van der Waals surface area contributed by atoms with E-state index in [4.69, 9.17) is 23.2 Å². The molecule has 1 amide bonds. The van der Waals surface area contributed by atoms with Gasteiger partial charge in [0.1, 0.15) is 11.2 Å². The average Bonchev–Trinajstić information content (AvgIpc) is 2.49. The van der Waals surface area contributed by atoms with Gasteiger partial charge in [0.25, 0.3) is 5.91 Å². The number of carbonyl (C=O) groups excluding carboxylic acids is 1. The van der Waals surface area contributed by atoms with Crippen LogP contribution in [0.1, 0.15) is 15.9 Å². The Hall–Kier alpha value is -2.11. The third kappa shape index (κ3) is 4.19. The van der Waals surface area contributed by atoms with Gasteiger partial charge in [0.15, 0.2) is 0 Å². The minimum Gasteiger partial charge on any atom is -0.480 e. The van der Waals surface area contributed by atoms with Gasteiger partial charge >= 0.3 is 5.97 Å². The van der Waals surface area contributed by atoms with Gasteiger partial charge in [-0.05, 0) is 23.8 Å². The molecule has 0 aliphatic carbocycles. The number of amides is 1. The maximum Gasteiger partial charge on any atom is 0.326 e. The van der Waals surface area contributed by atoms with E-state index in [9.17, 15) is 14.7 Å². The van der Waals surface area contributed by atoms with Gasteiger partial charge in [-0.15, -0.1) is 0 Å². The minimum absolute atomic E-state index is 0.0930. The number of halogens is 2. The molecular weight excluding hydrogens is 327 g/mol. The molecule has 0 unspecified atom stereocenters. The minimum atomic E-state index is -1.14. The van der Waals surface area contributed by atoms with E-state index in [2.05, 4.69) is 10.3 Å². The van der Waals surface area contributed by atoms with Crippen molar-refractivity contribution in [3.8, 4) is 0 Å². The van der Waals surface area contributed by atoms with Crippen LogP contribution < -0.4 is 5.32 Å². The van der Waals surface area contributed by atoms with Gasteiger partial charge in [-0.2, -0.15) is 0 Å². The Labute approximate surface area is 136 Å². The van der Waals surface area contributed by atoms with Gasteiger partial charge in [0.05, 0.1) is 10.6 Å². The zero-order valence-electron chi connectivity index (χ0n) is 11.3. The molecule has 114 valence electrons. The van der Waals surface area contributed by atoms with Crippen molar-refractivity contribution < 1.29 is 14.7 Å². The molecule has 0 aliphatic rings. The second-order valence-electron chi connectivity index (χ2n) is 4.54. The topological polar surface area (TPSA) is 79.3 Å². The van der Waals surface area contributed by atoms with Crippen LogP contribution in [0.15, 0.2) is 42.6 Å². The monoisotopic (exact) mass is 338 g/mol. The molecule has 2 rings (SSSR count). The molecule has 1 aromatic heterocycles. The van der Waals surface area contributed by atoms with Gasteiger partial charge in [-0.1, -0.05) is 41.4 Å². The summed E-state index contributed by atoms with van der Waals surface area (Å²) in [6, 6.07) is 8.56. The number of nitrogens with zero attached hydrogens (tertiary/aromatic N) is 1. The number of hydrogen-bond acceptors (Lipinski definition) is 3. The summed E-state index contributed by atoms with van der Waals surface area (Å²) in [6.07, 6.45) is 1.57. The summed E-state index contributed by atoms with van der Waals surface area (Å²) in [7, 11) is 0. The standard InChI is InChI=1S/C15H12Cl2N2O3/c16-11-4-2-1-3-10(11)14(20)19-12(15(21)22)7-9-5-6-13(17)18-8-9/h1-6,8,12H,7H2,(H,19,20)(H,21,22)/t12-/m0/s1. The van der Waals surface area contributed by atoms with E-state index in [0.717, 1.165) is 0 Å². The second kappa shape index (κ2) is 7.24. The van der Waals surface area contributed by atoms with Crippen LogP contribution in [0, 0.1) is 0 Å². The summed E-state index contributed by atoms with van der Waals surface area (Å²) in [5.74, 6) is -1.68. The molecule has 2 aromatic rings. The summed E-state index contributed by atoms with van der Waals surface area (Å²) < 4.78 is 0. The highest BCUT2D eigenvalue weighted by Gasteiger charge is 2.22. The van der Waals surface area contributed by atoms with E-state index < -0.39 is 17.9 Å². The zero-order chi connectivity index (χ0) is 16.1. The number of benzene rings is 1. The SMILES string of the molecule is O=C(N[C@@H](Cc1ccc(Cl)nc1)C(=O)O)c1ccccc1Cl. The van der Waals surface area contributed by atoms with Gasteiger partial charge in [-0.3, -0.25) is 4.79 Å². The number of carboxylic acid groups (broad SMARTS) is 1. The van der Waals surface area contributed by atoms with Crippen molar-refractivity contribution in [1.82, 2.24) is 10.3 Å². The lowest BCUT2D eigenvalue weighted by molar-refractivity contribution is -0.139. The molecule has 22 heavy (non-hydrogen) atoms. The molecule has 1 heterocycles. The first kappa shape index (κ1) is 16.3. The van der Waals surface area contributed by atoms with Crippen molar-refractivity contribution in [2.75, 3.05) is 0 Å². The lowest BCUT2D eigenvalue weighted by Gasteiger charge is -2.15. The fraction of sp³-hybridized carbons (Fsp3) is 0.133. The number of carboxylic acids is 1. The van der Waals surface area contributed by atoms with Gasteiger partial charge in [-0.25, -0.2) is 9.78 Å².